The summed E-state index contributed by atoms with van der Waals surface area (Å²) >= 11 is -1.96. The second kappa shape index (κ2) is 2.32. The highest BCUT2D eigenvalue weighted by atomic mass is 32.2. The molecule has 0 amide bonds. The summed E-state index contributed by atoms with van der Waals surface area (Å²) in [5.41, 5.74) is -0.409. The van der Waals surface area contributed by atoms with E-state index in [2.05, 4.69) is 5.16 Å². The van der Waals surface area contributed by atoms with E-state index >= 15 is 0 Å². The molecule has 1 atom stereocenters. The SMILES string of the molecule is CC1(C)CC(S(=O)O)=NO1. The Morgan fingerprint density at radius 2 is 2.40 bits per heavy atom. The van der Waals surface area contributed by atoms with Gasteiger partial charge in [-0.2, -0.15) is 0 Å². The Bertz CT molecular complexity index is 199. The van der Waals surface area contributed by atoms with E-state index in [9.17, 15) is 4.21 Å². The van der Waals surface area contributed by atoms with Crippen molar-refractivity contribution in [3.63, 3.8) is 0 Å². The van der Waals surface area contributed by atoms with Crippen molar-refractivity contribution in [2.45, 2.75) is 25.9 Å². The van der Waals surface area contributed by atoms with Gasteiger partial charge in [-0.05, 0) is 13.8 Å². The first kappa shape index (κ1) is 7.68. The average Bonchev–Trinajstić information content (AvgIpc) is 2.10. The van der Waals surface area contributed by atoms with Gasteiger partial charge in [0.2, 0.25) is 11.1 Å². The van der Waals surface area contributed by atoms with E-state index in [1.54, 1.807) is 0 Å². The maximum Gasteiger partial charge on any atom is 0.204 e. The molecule has 0 bridgehead atoms. The molecular weight excluding hydrogens is 154 g/mol. The molecule has 1 heterocycles. The third-order valence-electron chi connectivity index (χ3n) is 1.17. The Balaban J connectivity index is 2.64. The fourth-order valence-electron chi connectivity index (χ4n) is 0.697. The van der Waals surface area contributed by atoms with E-state index in [1.807, 2.05) is 13.8 Å². The van der Waals surface area contributed by atoms with Crippen LogP contribution in [0.25, 0.3) is 0 Å². The van der Waals surface area contributed by atoms with Gasteiger partial charge in [0.25, 0.3) is 0 Å². The normalized spacial score (nSPS) is 25.3. The van der Waals surface area contributed by atoms with Crippen LogP contribution < -0.4 is 0 Å². The second-order valence-corrected chi connectivity index (χ2v) is 3.73. The van der Waals surface area contributed by atoms with E-state index in [4.69, 9.17) is 9.39 Å². The minimum atomic E-state index is -1.96. The maximum atomic E-state index is 10.4. The smallest absolute Gasteiger partial charge is 0.204 e. The Morgan fingerprint density at radius 3 is 2.60 bits per heavy atom. The summed E-state index contributed by atoms with van der Waals surface area (Å²) < 4.78 is 18.9. The van der Waals surface area contributed by atoms with Gasteiger partial charge in [0.15, 0.2) is 5.04 Å². The molecule has 1 aliphatic heterocycles. The lowest BCUT2D eigenvalue weighted by molar-refractivity contribution is 0.0123. The van der Waals surface area contributed by atoms with Crippen molar-refractivity contribution in [2.75, 3.05) is 0 Å². The Kier molecular flexibility index (Phi) is 1.78. The molecule has 0 fully saturated rings. The molecule has 1 aliphatic rings. The third-order valence-corrected chi connectivity index (χ3v) is 1.80. The number of nitrogens with zero attached hydrogens (tertiary/aromatic N) is 1. The topological polar surface area (TPSA) is 58.9 Å². The Morgan fingerprint density at radius 1 is 1.80 bits per heavy atom. The van der Waals surface area contributed by atoms with Crippen molar-refractivity contribution < 1.29 is 13.6 Å². The maximum absolute atomic E-state index is 10.4. The van der Waals surface area contributed by atoms with Crippen LogP contribution in [0.2, 0.25) is 0 Å². The van der Waals surface area contributed by atoms with E-state index in [-0.39, 0.29) is 5.04 Å². The van der Waals surface area contributed by atoms with Crippen LogP contribution in [-0.2, 0) is 15.9 Å². The van der Waals surface area contributed by atoms with Crippen LogP contribution in [0.4, 0.5) is 0 Å². The van der Waals surface area contributed by atoms with Gasteiger partial charge in [-0.15, -0.1) is 0 Å². The van der Waals surface area contributed by atoms with Crippen molar-refractivity contribution in [1.29, 1.82) is 0 Å². The van der Waals surface area contributed by atoms with Gasteiger partial charge in [-0.1, -0.05) is 5.16 Å². The van der Waals surface area contributed by atoms with Crippen LogP contribution in [0, 0.1) is 0 Å². The fraction of sp³-hybridized carbons (Fsp3) is 0.800. The molecule has 0 radical (unpaired) electrons. The van der Waals surface area contributed by atoms with Gasteiger partial charge in [-0.3, -0.25) is 0 Å². The molecule has 0 saturated carbocycles. The molecule has 10 heavy (non-hydrogen) atoms. The van der Waals surface area contributed by atoms with Crippen LogP contribution in [0.1, 0.15) is 20.3 Å². The molecule has 0 spiro atoms. The summed E-state index contributed by atoms with van der Waals surface area (Å²) in [6, 6.07) is 0. The molecule has 1 rings (SSSR count). The average molecular weight is 163 g/mol. The summed E-state index contributed by atoms with van der Waals surface area (Å²) in [5, 5.41) is 3.67. The molecule has 1 N–H and O–H groups in total. The highest BCUT2D eigenvalue weighted by Crippen LogP contribution is 2.22. The highest BCUT2D eigenvalue weighted by molar-refractivity contribution is 7.95. The summed E-state index contributed by atoms with van der Waals surface area (Å²) in [4.78, 5) is 4.85. The minimum absolute atomic E-state index is 0.213. The number of hydrogen-bond acceptors (Lipinski definition) is 3. The lowest BCUT2D eigenvalue weighted by atomic mass is 10.1. The van der Waals surface area contributed by atoms with Gasteiger partial charge in [-0.25, -0.2) is 4.21 Å². The summed E-state index contributed by atoms with van der Waals surface area (Å²) in [5.74, 6) is 0. The first-order valence-corrected chi connectivity index (χ1v) is 3.98. The standard InChI is InChI=1S/C5H9NO3S/c1-5(2)3-4(6-9-5)10(7)8/h3H2,1-2H3,(H,7,8). The van der Waals surface area contributed by atoms with Crippen molar-refractivity contribution in [1.82, 2.24) is 0 Å². The van der Waals surface area contributed by atoms with Gasteiger partial charge < -0.3 is 9.39 Å². The van der Waals surface area contributed by atoms with Crippen molar-refractivity contribution >= 4 is 16.1 Å². The first-order chi connectivity index (χ1) is 4.51. The second-order valence-electron chi connectivity index (χ2n) is 2.76. The molecule has 0 saturated heterocycles. The minimum Gasteiger partial charge on any atom is -0.389 e. The molecule has 1 unspecified atom stereocenters. The zero-order valence-electron chi connectivity index (χ0n) is 5.83. The zero-order chi connectivity index (χ0) is 7.78. The molecule has 4 nitrogen and oxygen atoms in total. The third kappa shape index (κ3) is 1.54. The lowest BCUT2D eigenvalue weighted by Crippen LogP contribution is -2.20. The number of hydrogen-bond donors (Lipinski definition) is 1. The van der Waals surface area contributed by atoms with Crippen molar-refractivity contribution in [3.8, 4) is 0 Å². The first-order valence-electron chi connectivity index (χ1n) is 2.87. The molecule has 0 aliphatic carbocycles. The van der Waals surface area contributed by atoms with E-state index in [0.29, 0.717) is 6.42 Å². The van der Waals surface area contributed by atoms with Crippen LogP contribution in [-0.4, -0.2) is 19.4 Å². The summed E-state index contributed by atoms with van der Waals surface area (Å²) in [6.07, 6.45) is 0.427. The predicted octanol–water partition coefficient (Wildman–Crippen LogP) is 0.720. The molecule has 0 aromatic heterocycles. The largest absolute Gasteiger partial charge is 0.389 e. The van der Waals surface area contributed by atoms with E-state index < -0.39 is 16.7 Å². The molecule has 0 aromatic rings. The van der Waals surface area contributed by atoms with Crippen molar-refractivity contribution in [2.24, 2.45) is 5.16 Å². The number of rotatable bonds is 0. The van der Waals surface area contributed by atoms with Crippen LogP contribution in [0.3, 0.4) is 0 Å². The lowest BCUT2D eigenvalue weighted by Gasteiger charge is -2.12. The fourth-order valence-corrected chi connectivity index (χ4v) is 1.27. The molecular formula is C5H9NO3S. The van der Waals surface area contributed by atoms with Crippen molar-refractivity contribution in [3.05, 3.63) is 0 Å². The summed E-state index contributed by atoms with van der Waals surface area (Å²) in [6.45, 7) is 3.63. The van der Waals surface area contributed by atoms with Gasteiger partial charge in [0, 0.05) is 6.42 Å². The summed E-state index contributed by atoms with van der Waals surface area (Å²) in [7, 11) is 0. The van der Waals surface area contributed by atoms with Gasteiger partial charge >= 0.3 is 0 Å². The van der Waals surface area contributed by atoms with E-state index in [1.165, 1.54) is 0 Å². The highest BCUT2D eigenvalue weighted by Gasteiger charge is 2.31. The van der Waals surface area contributed by atoms with Crippen LogP contribution >= 0.6 is 0 Å². The molecule has 5 heteroatoms. The number of oxime groups is 1. The molecule has 0 aromatic carbocycles. The zero-order valence-corrected chi connectivity index (χ0v) is 6.64. The van der Waals surface area contributed by atoms with Crippen LogP contribution in [0.5, 0.6) is 0 Å². The Hall–Kier alpha value is -0.420. The quantitative estimate of drug-likeness (QED) is 0.535. The van der Waals surface area contributed by atoms with Gasteiger partial charge in [0.1, 0.15) is 5.60 Å². The monoisotopic (exact) mass is 163 g/mol. The predicted molar refractivity (Wildman–Crippen MR) is 38.0 cm³/mol. The Labute approximate surface area is 61.5 Å². The molecule has 58 valence electrons. The van der Waals surface area contributed by atoms with Crippen LogP contribution in [0.15, 0.2) is 5.16 Å². The van der Waals surface area contributed by atoms with Gasteiger partial charge in [0.05, 0.1) is 0 Å². The van der Waals surface area contributed by atoms with E-state index in [0.717, 1.165) is 0 Å².